The Bertz CT molecular complexity index is 1250. The molecule has 1 aromatic carbocycles. The van der Waals surface area contributed by atoms with Gasteiger partial charge in [-0.05, 0) is 51.3 Å². The van der Waals surface area contributed by atoms with E-state index in [9.17, 15) is 19.2 Å². The zero-order valence-electron chi connectivity index (χ0n) is 19.1. The second kappa shape index (κ2) is 8.17. The van der Waals surface area contributed by atoms with Gasteiger partial charge in [0.25, 0.3) is 0 Å². The number of nitrogens with zero attached hydrogens (tertiary/aromatic N) is 3. The molecule has 2 aromatic rings. The van der Waals surface area contributed by atoms with Crippen molar-refractivity contribution in [3.8, 4) is 0 Å². The maximum absolute atomic E-state index is 15.6. The largest absolute Gasteiger partial charge is 0.444 e. The predicted molar refractivity (Wildman–Crippen MR) is 119 cm³/mol. The smallest absolute Gasteiger partial charge is 0.410 e. The van der Waals surface area contributed by atoms with Crippen molar-refractivity contribution in [2.75, 3.05) is 13.1 Å². The third-order valence-electron chi connectivity index (χ3n) is 5.91. The number of carbonyl (C=O) groups excluding carboxylic acids is 3. The van der Waals surface area contributed by atoms with Gasteiger partial charge in [0, 0.05) is 32.1 Å². The molecule has 0 radical (unpaired) electrons. The molecule has 0 saturated carbocycles. The highest BCUT2D eigenvalue weighted by Gasteiger charge is 2.32. The van der Waals surface area contributed by atoms with Gasteiger partial charge >= 0.3 is 11.8 Å². The van der Waals surface area contributed by atoms with Crippen molar-refractivity contribution in [3.63, 3.8) is 0 Å². The van der Waals surface area contributed by atoms with Crippen molar-refractivity contribution in [1.29, 1.82) is 0 Å². The molecule has 1 N–H and O–H groups in total. The molecule has 0 aliphatic carbocycles. The van der Waals surface area contributed by atoms with E-state index in [0.29, 0.717) is 24.0 Å². The topological polar surface area (TPSA) is 103 Å². The first-order valence-electron chi connectivity index (χ1n) is 10.9. The van der Waals surface area contributed by atoms with E-state index in [0.717, 1.165) is 5.57 Å². The van der Waals surface area contributed by atoms with Crippen molar-refractivity contribution >= 4 is 34.5 Å². The van der Waals surface area contributed by atoms with E-state index in [1.807, 2.05) is 0 Å². The Morgan fingerprint density at radius 1 is 1.18 bits per heavy atom. The number of carbonyl (C=O) groups is 3. The number of imide groups is 1. The van der Waals surface area contributed by atoms with Gasteiger partial charge in [-0.1, -0.05) is 6.08 Å². The number of imidazole rings is 1. The van der Waals surface area contributed by atoms with Crippen LogP contribution in [-0.4, -0.2) is 50.6 Å². The van der Waals surface area contributed by atoms with Crippen LogP contribution in [0.4, 0.5) is 9.18 Å². The minimum Gasteiger partial charge on any atom is -0.444 e. The maximum Gasteiger partial charge on any atom is 0.410 e. The van der Waals surface area contributed by atoms with Gasteiger partial charge < -0.3 is 9.64 Å². The van der Waals surface area contributed by atoms with Crippen LogP contribution in [0.5, 0.6) is 0 Å². The van der Waals surface area contributed by atoms with Crippen LogP contribution in [0.1, 0.15) is 51.6 Å². The molecule has 0 spiro atoms. The van der Waals surface area contributed by atoms with Gasteiger partial charge in [0.2, 0.25) is 11.8 Å². The molecule has 10 heteroatoms. The number of hydrogen-bond acceptors (Lipinski definition) is 5. The Kier molecular flexibility index (Phi) is 5.63. The summed E-state index contributed by atoms with van der Waals surface area (Å²) in [6.45, 7) is 6.07. The summed E-state index contributed by atoms with van der Waals surface area (Å²) in [7, 11) is 1.46. The highest BCUT2D eigenvalue weighted by atomic mass is 19.1. The van der Waals surface area contributed by atoms with E-state index in [4.69, 9.17) is 4.74 Å². The summed E-state index contributed by atoms with van der Waals surface area (Å²) in [6.07, 6.45) is 2.09. The van der Waals surface area contributed by atoms with Crippen LogP contribution in [0.15, 0.2) is 23.0 Å². The molecular formula is C23H27FN4O5. The predicted octanol–water partition coefficient (Wildman–Crippen LogP) is 2.48. The number of amides is 3. The Hall–Kier alpha value is -3.43. The van der Waals surface area contributed by atoms with Crippen LogP contribution in [0.2, 0.25) is 0 Å². The molecule has 1 aromatic heterocycles. The van der Waals surface area contributed by atoms with E-state index >= 15 is 4.39 Å². The Balaban J connectivity index is 1.67. The fourth-order valence-electron chi connectivity index (χ4n) is 4.31. The van der Waals surface area contributed by atoms with Crippen molar-refractivity contribution in [3.05, 3.63) is 40.1 Å². The number of rotatable bonds is 2. The second-order valence-electron chi connectivity index (χ2n) is 9.38. The summed E-state index contributed by atoms with van der Waals surface area (Å²) in [5.74, 6) is -1.51. The monoisotopic (exact) mass is 458 g/mol. The zero-order chi connectivity index (χ0) is 24.1. The summed E-state index contributed by atoms with van der Waals surface area (Å²) in [4.78, 5) is 50.6. The van der Waals surface area contributed by atoms with Gasteiger partial charge in [0.1, 0.15) is 17.2 Å². The summed E-state index contributed by atoms with van der Waals surface area (Å²) < 4.78 is 23.5. The molecule has 176 valence electrons. The molecule has 3 amide bonds. The molecule has 0 bridgehead atoms. The van der Waals surface area contributed by atoms with Crippen molar-refractivity contribution < 1.29 is 23.5 Å². The first-order chi connectivity index (χ1) is 15.5. The molecule has 3 heterocycles. The molecule has 33 heavy (non-hydrogen) atoms. The number of halogens is 1. The van der Waals surface area contributed by atoms with Crippen LogP contribution in [0.25, 0.3) is 16.6 Å². The molecule has 2 aliphatic rings. The molecule has 4 rings (SSSR count). The minimum atomic E-state index is -0.875. The standard InChI is InChI=1S/C23H27FN4O5/c1-23(2,3)33-22(32)27-11-9-13(10-12-27)14-5-6-15-19(18(14)24)26(4)21(31)28(15)16-7-8-17(29)25-20(16)30/h5-6,9,16H,7-8,10-12H2,1-4H3,(H,25,29,30). The Morgan fingerprint density at radius 2 is 1.91 bits per heavy atom. The third kappa shape index (κ3) is 4.17. The second-order valence-corrected chi connectivity index (χ2v) is 9.38. The van der Waals surface area contributed by atoms with Gasteiger partial charge in [-0.3, -0.25) is 24.0 Å². The third-order valence-corrected chi connectivity index (χ3v) is 5.91. The van der Waals surface area contributed by atoms with Gasteiger partial charge in [0.05, 0.1) is 5.52 Å². The van der Waals surface area contributed by atoms with Crippen LogP contribution in [0, 0.1) is 5.82 Å². The average molecular weight is 458 g/mol. The fraction of sp³-hybridized carbons (Fsp3) is 0.478. The number of aromatic nitrogens is 2. The van der Waals surface area contributed by atoms with Crippen molar-refractivity contribution in [2.45, 2.75) is 51.7 Å². The van der Waals surface area contributed by atoms with E-state index < -0.39 is 35.2 Å². The van der Waals surface area contributed by atoms with Gasteiger partial charge in [-0.25, -0.2) is 14.0 Å². The number of benzene rings is 1. The molecular weight excluding hydrogens is 431 g/mol. The summed E-state index contributed by atoms with van der Waals surface area (Å²) >= 11 is 0. The van der Waals surface area contributed by atoms with E-state index in [-0.39, 0.29) is 30.8 Å². The lowest BCUT2D eigenvalue weighted by Gasteiger charge is -2.29. The van der Waals surface area contributed by atoms with Crippen molar-refractivity contribution in [2.24, 2.45) is 7.05 Å². The van der Waals surface area contributed by atoms with E-state index in [1.165, 1.54) is 16.2 Å². The first kappa shape index (κ1) is 22.8. The van der Waals surface area contributed by atoms with Gasteiger partial charge in [0.15, 0.2) is 5.82 Å². The summed E-state index contributed by atoms with van der Waals surface area (Å²) in [5.41, 5.74) is 0.350. The minimum absolute atomic E-state index is 0.0951. The summed E-state index contributed by atoms with van der Waals surface area (Å²) in [6, 6.07) is 2.34. The molecule has 2 aliphatic heterocycles. The number of ether oxygens (including phenoxy) is 1. The Morgan fingerprint density at radius 3 is 2.52 bits per heavy atom. The number of aryl methyl sites for hydroxylation is 1. The van der Waals surface area contributed by atoms with Crippen LogP contribution in [0.3, 0.4) is 0 Å². The van der Waals surface area contributed by atoms with Crippen LogP contribution < -0.4 is 11.0 Å². The van der Waals surface area contributed by atoms with Gasteiger partial charge in [-0.15, -0.1) is 0 Å². The number of piperidine rings is 1. The zero-order valence-corrected chi connectivity index (χ0v) is 19.1. The quantitative estimate of drug-likeness (QED) is 0.697. The molecule has 9 nitrogen and oxygen atoms in total. The molecule has 1 atom stereocenters. The van der Waals surface area contributed by atoms with Crippen LogP contribution in [-0.2, 0) is 21.4 Å². The number of nitrogens with one attached hydrogen (secondary N) is 1. The average Bonchev–Trinajstić information content (AvgIpc) is 2.98. The van der Waals surface area contributed by atoms with Crippen molar-refractivity contribution in [1.82, 2.24) is 19.4 Å². The fourth-order valence-corrected chi connectivity index (χ4v) is 4.31. The summed E-state index contributed by atoms with van der Waals surface area (Å²) in [5, 5.41) is 2.24. The highest BCUT2D eigenvalue weighted by molar-refractivity contribution is 6.00. The number of fused-ring (bicyclic) bond motifs is 1. The van der Waals surface area contributed by atoms with E-state index in [2.05, 4.69) is 5.32 Å². The lowest BCUT2D eigenvalue weighted by molar-refractivity contribution is -0.135. The van der Waals surface area contributed by atoms with Crippen LogP contribution >= 0.6 is 0 Å². The number of hydrogen-bond donors (Lipinski definition) is 1. The molecule has 1 fully saturated rings. The normalized spacial score (nSPS) is 19.5. The van der Waals surface area contributed by atoms with E-state index in [1.54, 1.807) is 43.9 Å². The van der Waals surface area contributed by atoms with Gasteiger partial charge in [-0.2, -0.15) is 0 Å². The molecule has 1 saturated heterocycles. The molecule has 1 unspecified atom stereocenters. The first-order valence-corrected chi connectivity index (χ1v) is 10.9. The SMILES string of the molecule is Cn1c(=O)n(C2CCC(=O)NC2=O)c2ccc(C3=CCN(C(=O)OC(C)(C)C)CC3)c(F)c21. The lowest BCUT2D eigenvalue weighted by Crippen LogP contribution is -2.44. The maximum atomic E-state index is 15.6. The Labute approximate surface area is 189 Å². The lowest BCUT2D eigenvalue weighted by atomic mass is 9.98. The highest BCUT2D eigenvalue weighted by Crippen LogP contribution is 2.31.